The first kappa shape index (κ1) is 11.7. The molecule has 0 unspecified atom stereocenters. The normalized spacial score (nSPS) is 11.2. The number of para-hydroxylation sites is 1. The number of nitrogens with zero attached hydrogens (tertiary/aromatic N) is 2. The Labute approximate surface area is 119 Å². The van der Waals surface area contributed by atoms with Gasteiger partial charge in [0.1, 0.15) is 11.3 Å². The molecule has 4 rings (SSSR count). The number of hydrogen-bond acceptors (Lipinski definition) is 3. The molecule has 21 heavy (non-hydrogen) atoms. The predicted molar refractivity (Wildman–Crippen MR) is 79.7 cm³/mol. The average molecular weight is 277 g/mol. The fraction of sp³-hybridized carbons (Fsp3) is 0. The first-order valence-corrected chi connectivity index (χ1v) is 6.44. The van der Waals surface area contributed by atoms with Crippen LogP contribution < -0.4 is 5.73 Å². The van der Waals surface area contributed by atoms with Crippen LogP contribution in [0.2, 0.25) is 0 Å². The van der Waals surface area contributed by atoms with E-state index in [9.17, 15) is 4.79 Å². The van der Waals surface area contributed by atoms with E-state index in [0.717, 1.165) is 22.1 Å². The molecule has 102 valence electrons. The van der Waals surface area contributed by atoms with Crippen LogP contribution in [-0.2, 0) is 0 Å². The quantitative estimate of drug-likeness (QED) is 0.523. The monoisotopic (exact) mass is 277 g/mol. The fourth-order valence-corrected chi connectivity index (χ4v) is 2.45. The minimum atomic E-state index is -0.485. The summed E-state index contributed by atoms with van der Waals surface area (Å²) in [5.74, 6) is 0.199. The van der Waals surface area contributed by atoms with E-state index in [1.165, 1.54) is 0 Å². The predicted octanol–water partition coefficient (Wildman–Crippen LogP) is 2.21. The van der Waals surface area contributed by atoms with Gasteiger partial charge in [0, 0.05) is 5.56 Å². The number of nitrogens with two attached hydrogens (primary N) is 1. The number of carbonyl (C=O) groups excluding carboxylic acids is 1. The van der Waals surface area contributed by atoms with Crippen molar-refractivity contribution < 1.29 is 4.79 Å². The Hall–Kier alpha value is -3.15. The highest BCUT2D eigenvalue weighted by atomic mass is 16.1. The molecule has 0 aliphatic rings. The lowest BCUT2D eigenvalue weighted by Gasteiger charge is -1.96. The van der Waals surface area contributed by atoms with Crippen LogP contribution in [0.1, 0.15) is 10.4 Å². The van der Waals surface area contributed by atoms with Crippen LogP contribution in [0.25, 0.3) is 33.5 Å². The van der Waals surface area contributed by atoms with Crippen molar-refractivity contribution in [2.24, 2.45) is 5.73 Å². The molecule has 0 bridgehead atoms. The van der Waals surface area contributed by atoms with Crippen molar-refractivity contribution in [3.63, 3.8) is 0 Å². The van der Waals surface area contributed by atoms with Crippen LogP contribution in [0, 0.1) is 0 Å². The zero-order valence-electron chi connectivity index (χ0n) is 10.9. The van der Waals surface area contributed by atoms with Crippen molar-refractivity contribution in [3.05, 3.63) is 48.3 Å². The van der Waals surface area contributed by atoms with Crippen LogP contribution in [0.5, 0.6) is 0 Å². The summed E-state index contributed by atoms with van der Waals surface area (Å²) >= 11 is 0. The number of imidazole rings is 2. The first-order chi connectivity index (χ1) is 10.2. The number of aromatic amines is 2. The first-order valence-electron chi connectivity index (χ1n) is 6.44. The standard InChI is InChI=1S/C15H11N5O/c16-14(21)9-2-1-3-11-13(9)20-15(19-11)8-4-5-10-12(6-8)18-7-17-10/h1-7H,(H2,16,21)(H,17,18)(H,19,20). The zero-order valence-corrected chi connectivity index (χ0v) is 10.9. The maximum atomic E-state index is 11.5. The maximum absolute atomic E-state index is 11.5. The fourth-order valence-electron chi connectivity index (χ4n) is 2.45. The Kier molecular flexibility index (Phi) is 2.32. The number of amides is 1. The molecule has 6 nitrogen and oxygen atoms in total. The van der Waals surface area contributed by atoms with Crippen LogP contribution in [0.15, 0.2) is 42.7 Å². The Morgan fingerprint density at radius 3 is 2.90 bits per heavy atom. The number of fused-ring (bicyclic) bond motifs is 2. The van der Waals surface area contributed by atoms with E-state index in [1.54, 1.807) is 18.5 Å². The second-order valence-electron chi connectivity index (χ2n) is 4.79. The van der Waals surface area contributed by atoms with Crippen LogP contribution in [0.3, 0.4) is 0 Å². The number of H-pyrrole nitrogens is 2. The second-order valence-corrected chi connectivity index (χ2v) is 4.79. The highest BCUT2D eigenvalue weighted by molar-refractivity contribution is 6.04. The zero-order chi connectivity index (χ0) is 14.4. The van der Waals surface area contributed by atoms with E-state index < -0.39 is 5.91 Å². The molecule has 2 heterocycles. The number of rotatable bonds is 2. The summed E-state index contributed by atoms with van der Waals surface area (Å²) in [5, 5.41) is 0. The number of hydrogen-bond donors (Lipinski definition) is 3. The largest absolute Gasteiger partial charge is 0.366 e. The molecular weight excluding hydrogens is 266 g/mol. The SMILES string of the molecule is NC(=O)c1cccc2[nH]c(-c3ccc4[nH]cnc4c3)nc12. The average Bonchev–Trinajstić information content (AvgIpc) is 3.11. The molecule has 4 aromatic rings. The lowest BCUT2D eigenvalue weighted by molar-refractivity contribution is 0.100. The summed E-state index contributed by atoms with van der Waals surface area (Å²) in [6.45, 7) is 0. The Bertz CT molecular complexity index is 982. The van der Waals surface area contributed by atoms with E-state index in [0.29, 0.717) is 16.9 Å². The molecule has 4 N–H and O–H groups in total. The molecule has 0 saturated carbocycles. The van der Waals surface area contributed by atoms with Gasteiger partial charge < -0.3 is 15.7 Å². The third kappa shape index (κ3) is 1.77. The molecule has 0 radical (unpaired) electrons. The maximum Gasteiger partial charge on any atom is 0.250 e. The topological polar surface area (TPSA) is 100 Å². The Balaban J connectivity index is 1.93. The highest BCUT2D eigenvalue weighted by Crippen LogP contribution is 2.24. The van der Waals surface area contributed by atoms with Crippen LogP contribution in [-0.4, -0.2) is 25.8 Å². The summed E-state index contributed by atoms with van der Waals surface area (Å²) in [6.07, 6.45) is 1.65. The summed E-state index contributed by atoms with van der Waals surface area (Å²) in [6, 6.07) is 11.1. The van der Waals surface area contributed by atoms with Gasteiger partial charge in [-0.15, -0.1) is 0 Å². The van der Waals surface area contributed by atoms with Crippen molar-refractivity contribution in [1.29, 1.82) is 0 Å². The van der Waals surface area contributed by atoms with Gasteiger partial charge in [-0.1, -0.05) is 6.07 Å². The van der Waals surface area contributed by atoms with E-state index in [2.05, 4.69) is 19.9 Å². The van der Waals surface area contributed by atoms with Gasteiger partial charge in [0.15, 0.2) is 0 Å². The molecule has 1 amide bonds. The molecule has 0 atom stereocenters. The lowest BCUT2D eigenvalue weighted by atomic mass is 10.2. The Morgan fingerprint density at radius 1 is 1.14 bits per heavy atom. The van der Waals surface area contributed by atoms with E-state index in [-0.39, 0.29) is 0 Å². The summed E-state index contributed by atoms with van der Waals surface area (Å²) in [7, 11) is 0. The minimum absolute atomic E-state index is 0.413. The molecule has 6 heteroatoms. The molecule has 0 spiro atoms. The van der Waals surface area contributed by atoms with Gasteiger partial charge in [0.25, 0.3) is 5.91 Å². The number of primary amides is 1. The van der Waals surface area contributed by atoms with E-state index >= 15 is 0 Å². The van der Waals surface area contributed by atoms with Gasteiger partial charge in [-0.3, -0.25) is 4.79 Å². The van der Waals surface area contributed by atoms with Gasteiger partial charge in [0.2, 0.25) is 0 Å². The molecule has 0 aliphatic heterocycles. The molecule has 0 saturated heterocycles. The van der Waals surface area contributed by atoms with E-state index in [1.807, 2.05) is 24.3 Å². The van der Waals surface area contributed by atoms with Gasteiger partial charge in [0.05, 0.1) is 28.4 Å². The van der Waals surface area contributed by atoms with Gasteiger partial charge in [-0.25, -0.2) is 9.97 Å². The molecular formula is C15H11N5O. The van der Waals surface area contributed by atoms with Crippen molar-refractivity contribution in [2.45, 2.75) is 0 Å². The highest BCUT2D eigenvalue weighted by Gasteiger charge is 2.12. The summed E-state index contributed by atoms with van der Waals surface area (Å²) in [4.78, 5) is 26.4. The Morgan fingerprint density at radius 2 is 2.05 bits per heavy atom. The summed E-state index contributed by atoms with van der Waals surface area (Å²) in [5.41, 5.74) is 9.89. The van der Waals surface area contributed by atoms with Crippen molar-refractivity contribution in [2.75, 3.05) is 0 Å². The second kappa shape index (κ2) is 4.17. The lowest BCUT2D eigenvalue weighted by Crippen LogP contribution is -2.11. The molecule has 0 aliphatic carbocycles. The number of carbonyl (C=O) groups is 1. The van der Waals surface area contributed by atoms with E-state index in [4.69, 9.17) is 5.73 Å². The number of benzene rings is 2. The molecule has 2 aromatic carbocycles. The van der Waals surface area contributed by atoms with Crippen molar-refractivity contribution in [3.8, 4) is 11.4 Å². The number of aromatic nitrogens is 4. The molecule has 2 aromatic heterocycles. The smallest absolute Gasteiger partial charge is 0.250 e. The van der Waals surface area contributed by atoms with Crippen LogP contribution >= 0.6 is 0 Å². The summed E-state index contributed by atoms with van der Waals surface area (Å²) < 4.78 is 0. The third-order valence-corrected chi connectivity index (χ3v) is 3.47. The van der Waals surface area contributed by atoms with Gasteiger partial charge in [-0.2, -0.15) is 0 Å². The van der Waals surface area contributed by atoms with Crippen molar-refractivity contribution >= 4 is 28.0 Å². The minimum Gasteiger partial charge on any atom is -0.366 e. The van der Waals surface area contributed by atoms with Gasteiger partial charge in [-0.05, 0) is 30.3 Å². The van der Waals surface area contributed by atoms with Gasteiger partial charge >= 0.3 is 0 Å². The number of nitrogens with one attached hydrogen (secondary N) is 2. The third-order valence-electron chi connectivity index (χ3n) is 3.47. The van der Waals surface area contributed by atoms with Crippen LogP contribution in [0.4, 0.5) is 0 Å². The van der Waals surface area contributed by atoms with Crippen molar-refractivity contribution in [1.82, 2.24) is 19.9 Å². The molecule has 0 fully saturated rings.